The van der Waals surface area contributed by atoms with Gasteiger partial charge in [0.25, 0.3) is 5.91 Å². The van der Waals surface area contributed by atoms with Crippen LogP contribution in [0, 0.1) is 0 Å². The molecule has 23 heavy (non-hydrogen) atoms. The summed E-state index contributed by atoms with van der Waals surface area (Å²) in [5, 5.41) is 0.759. The lowest BCUT2D eigenvalue weighted by atomic mass is 10.2. The summed E-state index contributed by atoms with van der Waals surface area (Å²) < 4.78 is 15.5. The van der Waals surface area contributed by atoms with Gasteiger partial charge in [0.15, 0.2) is 11.5 Å². The van der Waals surface area contributed by atoms with Crippen molar-refractivity contribution in [1.29, 1.82) is 0 Å². The van der Waals surface area contributed by atoms with E-state index in [1.165, 1.54) is 11.3 Å². The van der Waals surface area contributed by atoms with Gasteiger partial charge in [-0.25, -0.2) is 4.98 Å². The molecule has 0 atom stereocenters. The second kappa shape index (κ2) is 7.94. The number of carbonyl (C=O) groups excluding carboxylic acids is 1. The molecule has 0 N–H and O–H groups in total. The van der Waals surface area contributed by atoms with Gasteiger partial charge in [-0.3, -0.25) is 4.79 Å². The maximum absolute atomic E-state index is 12.3. The molecule has 0 aliphatic heterocycles. The van der Waals surface area contributed by atoms with E-state index in [2.05, 4.69) is 4.98 Å². The molecule has 0 aliphatic rings. The van der Waals surface area contributed by atoms with Gasteiger partial charge in [-0.15, -0.1) is 11.3 Å². The number of methoxy groups -OCH3 is 3. The number of ether oxygens (including phenoxy) is 3. The fraction of sp³-hybridized carbons (Fsp3) is 0.375. The molecule has 1 amide bonds. The van der Waals surface area contributed by atoms with Crippen LogP contribution in [-0.4, -0.2) is 57.3 Å². The number of likely N-dealkylation sites (N-methyl/N-ethyl adjacent to an activating group) is 1. The van der Waals surface area contributed by atoms with Gasteiger partial charge in [-0.1, -0.05) is 0 Å². The number of hydrogen-bond donors (Lipinski definition) is 0. The zero-order valence-corrected chi connectivity index (χ0v) is 14.5. The van der Waals surface area contributed by atoms with Crippen LogP contribution in [0.2, 0.25) is 0 Å². The monoisotopic (exact) mass is 336 g/mol. The summed E-state index contributed by atoms with van der Waals surface area (Å²) in [6.45, 7) is 1.04. The Labute approximate surface area is 139 Å². The van der Waals surface area contributed by atoms with Crippen molar-refractivity contribution in [3.05, 3.63) is 29.3 Å². The topological polar surface area (TPSA) is 60.9 Å². The van der Waals surface area contributed by atoms with E-state index in [0.29, 0.717) is 29.5 Å². The van der Waals surface area contributed by atoms with E-state index in [-0.39, 0.29) is 5.91 Å². The van der Waals surface area contributed by atoms with Crippen LogP contribution in [0.15, 0.2) is 24.4 Å². The first-order chi connectivity index (χ1) is 11.1. The molecular formula is C16H20N2O4S. The Kier molecular flexibility index (Phi) is 5.95. The second-order valence-electron chi connectivity index (χ2n) is 4.82. The van der Waals surface area contributed by atoms with E-state index in [9.17, 15) is 4.79 Å². The van der Waals surface area contributed by atoms with Crippen molar-refractivity contribution in [3.8, 4) is 22.1 Å². The number of rotatable bonds is 7. The maximum atomic E-state index is 12.3. The summed E-state index contributed by atoms with van der Waals surface area (Å²) in [6, 6.07) is 5.56. The van der Waals surface area contributed by atoms with Crippen LogP contribution in [0.25, 0.3) is 10.6 Å². The van der Waals surface area contributed by atoms with Gasteiger partial charge in [0.05, 0.1) is 27.0 Å². The van der Waals surface area contributed by atoms with E-state index >= 15 is 0 Å². The molecule has 6 nitrogen and oxygen atoms in total. The zero-order chi connectivity index (χ0) is 16.8. The van der Waals surface area contributed by atoms with E-state index < -0.39 is 0 Å². The molecule has 1 aromatic carbocycles. The number of nitrogens with zero attached hydrogens (tertiary/aromatic N) is 2. The molecule has 0 unspecified atom stereocenters. The molecule has 0 aliphatic carbocycles. The van der Waals surface area contributed by atoms with E-state index in [1.54, 1.807) is 39.5 Å². The van der Waals surface area contributed by atoms with E-state index in [1.807, 2.05) is 18.2 Å². The van der Waals surface area contributed by atoms with Crippen molar-refractivity contribution in [2.24, 2.45) is 0 Å². The number of aromatic nitrogens is 1. The Morgan fingerprint density at radius 1 is 1.22 bits per heavy atom. The average Bonchev–Trinajstić information content (AvgIpc) is 3.08. The van der Waals surface area contributed by atoms with Gasteiger partial charge >= 0.3 is 0 Å². The summed E-state index contributed by atoms with van der Waals surface area (Å²) in [5.74, 6) is 1.22. The number of thiazole rings is 1. The number of benzene rings is 1. The molecule has 0 bridgehead atoms. The van der Waals surface area contributed by atoms with Crippen molar-refractivity contribution in [2.45, 2.75) is 0 Å². The molecule has 1 heterocycles. The smallest absolute Gasteiger partial charge is 0.265 e. The number of hydrogen-bond acceptors (Lipinski definition) is 6. The van der Waals surface area contributed by atoms with Gasteiger partial charge < -0.3 is 19.1 Å². The van der Waals surface area contributed by atoms with Crippen LogP contribution in [0.4, 0.5) is 0 Å². The summed E-state index contributed by atoms with van der Waals surface area (Å²) >= 11 is 1.35. The second-order valence-corrected chi connectivity index (χ2v) is 5.85. The molecule has 2 rings (SSSR count). The van der Waals surface area contributed by atoms with Crippen molar-refractivity contribution >= 4 is 17.2 Å². The van der Waals surface area contributed by atoms with Gasteiger partial charge in [-0.2, -0.15) is 0 Å². The van der Waals surface area contributed by atoms with Crippen LogP contribution in [0.3, 0.4) is 0 Å². The summed E-state index contributed by atoms with van der Waals surface area (Å²) in [4.78, 5) is 18.9. The first-order valence-corrected chi connectivity index (χ1v) is 7.85. The van der Waals surface area contributed by atoms with Gasteiger partial charge in [0.1, 0.15) is 9.88 Å². The van der Waals surface area contributed by atoms with Crippen molar-refractivity contribution in [3.63, 3.8) is 0 Å². The molecular weight excluding hydrogens is 316 g/mol. The van der Waals surface area contributed by atoms with Gasteiger partial charge in [0.2, 0.25) is 0 Å². The highest BCUT2D eigenvalue weighted by Gasteiger charge is 2.16. The van der Waals surface area contributed by atoms with Crippen LogP contribution in [-0.2, 0) is 4.74 Å². The Morgan fingerprint density at radius 3 is 2.61 bits per heavy atom. The van der Waals surface area contributed by atoms with E-state index in [4.69, 9.17) is 14.2 Å². The van der Waals surface area contributed by atoms with E-state index in [0.717, 1.165) is 10.6 Å². The molecule has 7 heteroatoms. The molecule has 0 saturated heterocycles. The predicted molar refractivity (Wildman–Crippen MR) is 89.5 cm³/mol. The van der Waals surface area contributed by atoms with Crippen molar-refractivity contribution < 1.29 is 19.0 Å². The summed E-state index contributed by atoms with van der Waals surface area (Å²) in [7, 11) is 6.54. The minimum absolute atomic E-state index is 0.0636. The minimum Gasteiger partial charge on any atom is -0.493 e. The lowest BCUT2D eigenvalue weighted by Crippen LogP contribution is -2.29. The van der Waals surface area contributed by atoms with Crippen LogP contribution >= 0.6 is 11.3 Å². The quantitative estimate of drug-likeness (QED) is 0.777. The van der Waals surface area contributed by atoms with Crippen molar-refractivity contribution in [1.82, 2.24) is 9.88 Å². The third-order valence-electron chi connectivity index (χ3n) is 3.32. The number of carbonyl (C=O) groups is 1. The third-order valence-corrected chi connectivity index (χ3v) is 4.36. The molecule has 0 spiro atoms. The SMILES string of the molecule is COCCN(C)C(=O)c1cnc(-c2ccc(OC)c(OC)c2)s1. The Morgan fingerprint density at radius 2 is 1.96 bits per heavy atom. The van der Waals surface area contributed by atoms with Crippen LogP contribution in [0.1, 0.15) is 9.67 Å². The molecule has 2 aromatic rings. The number of amides is 1. The molecule has 0 radical (unpaired) electrons. The Balaban J connectivity index is 2.20. The highest BCUT2D eigenvalue weighted by molar-refractivity contribution is 7.16. The maximum Gasteiger partial charge on any atom is 0.265 e. The van der Waals surface area contributed by atoms with Crippen LogP contribution < -0.4 is 9.47 Å². The fourth-order valence-corrected chi connectivity index (χ4v) is 2.90. The molecule has 0 saturated carbocycles. The lowest BCUT2D eigenvalue weighted by Gasteiger charge is -2.14. The minimum atomic E-state index is -0.0636. The Hall–Kier alpha value is -2.12. The zero-order valence-electron chi connectivity index (χ0n) is 13.7. The standard InChI is InChI=1S/C16H20N2O4S/c1-18(7-8-20-2)16(19)14-10-17-15(23-14)11-5-6-12(21-3)13(9-11)22-4/h5-6,9-10H,7-8H2,1-4H3. The van der Waals surface area contributed by atoms with Crippen LogP contribution in [0.5, 0.6) is 11.5 Å². The largest absolute Gasteiger partial charge is 0.493 e. The molecule has 0 fully saturated rings. The highest BCUT2D eigenvalue weighted by atomic mass is 32.1. The Bertz CT molecular complexity index is 672. The fourth-order valence-electron chi connectivity index (χ4n) is 1.99. The predicted octanol–water partition coefficient (Wildman–Crippen LogP) is 2.55. The average molecular weight is 336 g/mol. The lowest BCUT2D eigenvalue weighted by molar-refractivity contribution is 0.0748. The first kappa shape index (κ1) is 17.2. The van der Waals surface area contributed by atoms with Gasteiger partial charge in [-0.05, 0) is 18.2 Å². The first-order valence-electron chi connectivity index (χ1n) is 7.03. The third kappa shape index (κ3) is 4.00. The summed E-state index contributed by atoms with van der Waals surface area (Å²) in [6.07, 6.45) is 1.60. The highest BCUT2D eigenvalue weighted by Crippen LogP contribution is 2.34. The van der Waals surface area contributed by atoms with Crippen molar-refractivity contribution in [2.75, 3.05) is 41.5 Å². The normalized spacial score (nSPS) is 10.4. The molecule has 124 valence electrons. The van der Waals surface area contributed by atoms with Gasteiger partial charge in [0, 0.05) is 26.3 Å². The summed E-state index contributed by atoms with van der Waals surface area (Å²) in [5.41, 5.74) is 0.881. The molecule has 1 aromatic heterocycles.